The van der Waals surface area contributed by atoms with Crippen molar-refractivity contribution in [2.24, 2.45) is 0 Å². The monoisotopic (exact) mass is 376 g/mol. The zero-order chi connectivity index (χ0) is 20.2. The summed E-state index contributed by atoms with van der Waals surface area (Å²) in [6, 6.07) is 5.88. The molecule has 8 heteroatoms. The molecule has 2 N–H and O–H groups in total. The number of aromatic nitrogens is 3. The summed E-state index contributed by atoms with van der Waals surface area (Å²) in [4.78, 5) is 28.2. The maximum atomic E-state index is 13.6. The van der Waals surface area contributed by atoms with E-state index in [0.717, 1.165) is 0 Å². The molecule has 2 rings (SSSR count). The largest absolute Gasteiger partial charge is 0.481 e. The van der Waals surface area contributed by atoms with E-state index in [-0.39, 0.29) is 18.2 Å². The number of hydrogen-bond donors (Lipinski definition) is 2. The van der Waals surface area contributed by atoms with Crippen LogP contribution in [0.25, 0.3) is 5.69 Å². The van der Waals surface area contributed by atoms with E-state index in [0.29, 0.717) is 24.4 Å². The molecule has 146 valence electrons. The predicted molar refractivity (Wildman–Crippen MR) is 98.4 cm³/mol. The number of carbonyl (C=O) groups excluding carboxylic acids is 1. The number of rotatable bonds is 8. The molecular weight excluding hydrogens is 351 g/mol. The van der Waals surface area contributed by atoms with Crippen LogP contribution in [0.3, 0.4) is 0 Å². The fourth-order valence-corrected chi connectivity index (χ4v) is 2.90. The second-order valence-corrected chi connectivity index (χ2v) is 6.85. The van der Waals surface area contributed by atoms with Crippen LogP contribution in [-0.4, -0.2) is 37.3 Å². The van der Waals surface area contributed by atoms with Gasteiger partial charge in [-0.15, -0.1) is 5.10 Å². The summed E-state index contributed by atoms with van der Waals surface area (Å²) in [5.41, 5.74) is -0.404. The number of hydrogen-bond acceptors (Lipinski definition) is 4. The zero-order valence-electron chi connectivity index (χ0n) is 16.0. The first-order valence-electron chi connectivity index (χ1n) is 8.98. The summed E-state index contributed by atoms with van der Waals surface area (Å²) in [6.45, 7) is 7.44. The lowest BCUT2D eigenvalue weighted by molar-refractivity contribution is -0.138. The van der Waals surface area contributed by atoms with E-state index in [1.807, 2.05) is 27.7 Å². The number of carboxylic acid groups (broad SMARTS) is 1. The Morgan fingerprint density at radius 1 is 1.30 bits per heavy atom. The van der Waals surface area contributed by atoms with Crippen LogP contribution in [0.5, 0.6) is 0 Å². The molecule has 0 aliphatic heterocycles. The summed E-state index contributed by atoms with van der Waals surface area (Å²) >= 11 is 0. The van der Waals surface area contributed by atoms with Crippen molar-refractivity contribution in [2.75, 3.05) is 0 Å². The van der Waals surface area contributed by atoms with Crippen LogP contribution in [0.15, 0.2) is 24.3 Å². The van der Waals surface area contributed by atoms with Crippen LogP contribution in [0, 0.1) is 5.82 Å². The van der Waals surface area contributed by atoms with E-state index in [4.69, 9.17) is 5.11 Å². The minimum atomic E-state index is -0.986. The standard InChI is InChI=1S/C19H25FN4O3/c1-5-19(6-2,11-15(25)26)22-18(27)16-21-17(12(3)4)24(23-16)14-9-7-8-13(20)10-14/h7-10,12H,5-6,11H2,1-4H3,(H,22,27)(H,25,26). The van der Waals surface area contributed by atoms with E-state index in [1.165, 1.54) is 16.8 Å². The molecule has 1 aromatic heterocycles. The lowest BCUT2D eigenvalue weighted by atomic mass is 9.89. The molecule has 0 aliphatic carbocycles. The Morgan fingerprint density at radius 2 is 1.96 bits per heavy atom. The number of nitrogens with zero attached hydrogens (tertiary/aromatic N) is 3. The number of halogens is 1. The minimum Gasteiger partial charge on any atom is -0.481 e. The summed E-state index contributed by atoms with van der Waals surface area (Å²) in [7, 11) is 0. The Morgan fingerprint density at radius 3 is 2.48 bits per heavy atom. The normalized spacial score (nSPS) is 11.6. The second-order valence-electron chi connectivity index (χ2n) is 6.85. The molecule has 0 saturated heterocycles. The van der Waals surface area contributed by atoms with Gasteiger partial charge >= 0.3 is 5.97 Å². The Balaban J connectivity index is 2.39. The van der Waals surface area contributed by atoms with Crippen molar-refractivity contribution in [3.05, 3.63) is 41.7 Å². The van der Waals surface area contributed by atoms with Gasteiger partial charge in [0.2, 0.25) is 5.82 Å². The van der Waals surface area contributed by atoms with Crippen molar-refractivity contribution in [1.29, 1.82) is 0 Å². The Kier molecular flexibility index (Phi) is 6.30. The molecule has 0 fully saturated rings. The minimum absolute atomic E-state index is 0.0524. The third-order valence-corrected chi connectivity index (χ3v) is 4.63. The Bertz CT molecular complexity index is 828. The zero-order valence-corrected chi connectivity index (χ0v) is 16.0. The number of nitrogens with one attached hydrogen (secondary N) is 1. The molecule has 0 atom stereocenters. The second kappa shape index (κ2) is 8.28. The lowest BCUT2D eigenvalue weighted by Crippen LogP contribution is -2.49. The van der Waals surface area contributed by atoms with E-state index in [9.17, 15) is 14.0 Å². The molecule has 2 aromatic rings. The van der Waals surface area contributed by atoms with E-state index >= 15 is 0 Å². The Labute approximate surface area is 157 Å². The molecule has 0 bridgehead atoms. The van der Waals surface area contributed by atoms with Gasteiger partial charge in [0.05, 0.1) is 17.6 Å². The molecule has 27 heavy (non-hydrogen) atoms. The van der Waals surface area contributed by atoms with Crippen molar-refractivity contribution >= 4 is 11.9 Å². The summed E-state index contributed by atoms with van der Waals surface area (Å²) < 4.78 is 15.0. The van der Waals surface area contributed by atoms with E-state index in [2.05, 4.69) is 15.4 Å². The van der Waals surface area contributed by atoms with Gasteiger partial charge in [-0.3, -0.25) is 9.59 Å². The van der Waals surface area contributed by atoms with E-state index in [1.54, 1.807) is 12.1 Å². The summed E-state index contributed by atoms with van der Waals surface area (Å²) in [5.74, 6) is -1.55. The first-order chi connectivity index (χ1) is 12.7. The maximum absolute atomic E-state index is 13.6. The highest BCUT2D eigenvalue weighted by molar-refractivity contribution is 5.91. The van der Waals surface area contributed by atoms with Crippen molar-refractivity contribution in [2.45, 2.75) is 58.4 Å². The van der Waals surface area contributed by atoms with Gasteiger partial charge in [0, 0.05) is 5.92 Å². The van der Waals surface area contributed by atoms with Gasteiger partial charge in [-0.2, -0.15) is 0 Å². The fourth-order valence-electron chi connectivity index (χ4n) is 2.90. The van der Waals surface area contributed by atoms with Crippen LogP contribution >= 0.6 is 0 Å². The molecular formula is C19H25FN4O3. The maximum Gasteiger partial charge on any atom is 0.305 e. The molecule has 1 amide bonds. The smallest absolute Gasteiger partial charge is 0.305 e. The van der Waals surface area contributed by atoms with Crippen molar-refractivity contribution in [1.82, 2.24) is 20.1 Å². The van der Waals surface area contributed by atoms with Gasteiger partial charge in [-0.25, -0.2) is 14.1 Å². The Hall–Kier alpha value is -2.77. The molecule has 1 heterocycles. The van der Waals surface area contributed by atoms with Crippen LogP contribution < -0.4 is 5.32 Å². The number of aliphatic carboxylic acids is 1. The van der Waals surface area contributed by atoms with Crippen molar-refractivity contribution in [3.8, 4) is 5.69 Å². The van der Waals surface area contributed by atoms with Crippen molar-refractivity contribution < 1.29 is 19.1 Å². The quantitative estimate of drug-likeness (QED) is 0.737. The highest BCUT2D eigenvalue weighted by atomic mass is 19.1. The van der Waals surface area contributed by atoms with Crippen LogP contribution in [-0.2, 0) is 4.79 Å². The van der Waals surface area contributed by atoms with Gasteiger partial charge in [0.15, 0.2) is 0 Å². The lowest BCUT2D eigenvalue weighted by Gasteiger charge is -2.30. The van der Waals surface area contributed by atoms with Gasteiger partial charge in [0.25, 0.3) is 5.91 Å². The third-order valence-electron chi connectivity index (χ3n) is 4.63. The van der Waals surface area contributed by atoms with Crippen LogP contribution in [0.2, 0.25) is 0 Å². The van der Waals surface area contributed by atoms with Crippen molar-refractivity contribution in [3.63, 3.8) is 0 Å². The van der Waals surface area contributed by atoms with Gasteiger partial charge in [0.1, 0.15) is 11.6 Å². The average molecular weight is 376 g/mol. The summed E-state index contributed by atoms with van der Waals surface area (Å²) in [6.07, 6.45) is 0.736. The first-order valence-corrected chi connectivity index (χ1v) is 8.98. The average Bonchev–Trinajstić information content (AvgIpc) is 3.06. The van der Waals surface area contributed by atoms with Crippen LogP contribution in [0.4, 0.5) is 4.39 Å². The summed E-state index contributed by atoms with van der Waals surface area (Å²) in [5, 5.41) is 16.2. The highest BCUT2D eigenvalue weighted by Gasteiger charge is 2.33. The molecule has 7 nitrogen and oxygen atoms in total. The molecule has 0 aliphatic rings. The van der Waals surface area contributed by atoms with Gasteiger partial charge < -0.3 is 10.4 Å². The molecule has 0 unspecified atom stereocenters. The van der Waals surface area contributed by atoms with E-state index < -0.39 is 23.2 Å². The number of amides is 1. The van der Waals surface area contributed by atoms with Gasteiger partial charge in [-0.1, -0.05) is 33.8 Å². The SMILES string of the molecule is CCC(CC)(CC(=O)O)NC(=O)c1nc(C(C)C)n(-c2cccc(F)c2)n1. The predicted octanol–water partition coefficient (Wildman–Crippen LogP) is 3.29. The molecule has 0 radical (unpaired) electrons. The number of carboxylic acids is 1. The first kappa shape index (κ1) is 20.5. The van der Waals surface area contributed by atoms with Gasteiger partial charge in [-0.05, 0) is 31.0 Å². The topological polar surface area (TPSA) is 97.1 Å². The van der Waals surface area contributed by atoms with Crippen LogP contribution in [0.1, 0.15) is 69.3 Å². The fraction of sp³-hybridized carbons (Fsp3) is 0.474. The number of carbonyl (C=O) groups is 2. The highest BCUT2D eigenvalue weighted by Crippen LogP contribution is 2.22. The molecule has 0 saturated carbocycles. The number of benzene rings is 1. The third kappa shape index (κ3) is 4.69. The molecule has 1 aromatic carbocycles. The molecule has 0 spiro atoms.